The van der Waals surface area contributed by atoms with Crippen molar-refractivity contribution in [2.75, 3.05) is 32.2 Å². The summed E-state index contributed by atoms with van der Waals surface area (Å²) < 4.78 is 12.4. The van der Waals surface area contributed by atoms with Gasteiger partial charge in [0.05, 0.1) is 14.2 Å². The number of amides is 2. The molecule has 0 spiro atoms. The largest absolute Gasteiger partial charge is 0.497 e. The van der Waals surface area contributed by atoms with E-state index in [1.807, 2.05) is 25.1 Å². The van der Waals surface area contributed by atoms with E-state index in [9.17, 15) is 9.59 Å². The molecule has 11 heteroatoms. The van der Waals surface area contributed by atoms with Crippen LogP contribution in [0.4, 0.5) is 5.82 Å². The van der Waals surface area contributed by atoms with Gasteiger partial charge in [0, 0.05) is 50.3 Å². The van der Waals surface area contributed by atoms with E-state index in [1.165, 1.54) is 13.3 Å². The SMILES string of the molecule is COc1cc(C[C@H](NC(C)=O)C(=O)NC2CCN(c3cc(C)nc4ncnn34)CC2)cc(OC)c1. The van der Waals surface area contributed by atoms with Gasteiger partial charge in [-0.1, -0.05) is 0 Å². The van der Waals surface area contributed by atoms with Crippen molar-refractivity contribution in [2.45, 2.75) is 45.2 Å². The van der Waals surface area contributed by atoms with Crippen LogP contribution in [0.3, 0.4) is 0 Å². The zero-order chi connectivity index (χ0) is 24.9. The summed E-state index contributed by atoms with van der Waals surface area (Å²) in [7, 11) is 3.15. The molecule has 3 heterocycles. The van der Waals surface area contributed by atoms with Gasteiger partial charge >= 0.3 is 0 Å². The van der Waals surface area contributed by atoms with Crippen molar-refractivity contribution in [3.63, 3.8) is 0 Å². The Hall–Kier alpha value is -3.89. The van der Waals surface area contributed by atoms with Crippen LogP contribution >= 0.6 is 0 Å². The molecule has 0 bridgehead atoms. The summed E-state index contributed by atoms with van der Waals surface area (Å²) in [6, 6.07) is 6.73. The van der Waals surface area contributed by atoms with Gasteiger partial charge in [0.2, 0.25) is 11.8 Å². The summed E-state index contributed by atoms with van der Waals surface area (Å²) >= 11 is 0. The highest BCUT2D eigenvalue weighted by molar-refractivity contribution is 5.87. The number of nitrogens with one attached hydrogen (secondary N) is 2. The number of fused-ring (bicyclic) bond motifs is 1. The van der Waals surface area contributed by atoms with Gasteiger partial charge in [0.15, 0.2) is 0 Å². The molecule has 2 N–H and O–H groups in total. The number of aryl methyl sites for hydroxylation is 1. The molecule has 1 aliphatic heterocycles. The summed E-state index contributed by atoms with van der Waals surface area (Å²) in [6.45, 7) is 4.85. The van der Waals surface area contributed by atoms with E-state index in [-0.39, 0.29) is 17.9 Å². The maximum Gasteiger partial charge on any atom is 0.254 e. The van der Waals surface area contributed by atoms with Crippen LogP contribution < -0.4 is 25.0 Å². The Morgan fingerprint density at radius 3 is 2.43 bits per heavy atom. The van der Waals surface area contributed by atoms with Crippen molar-refractivity contribution < 1.29 is 19.1 Å². The second-order valence-corrected chi connectivity index (χ2v) is 8.68. The quantitative estimate of drug-likeness (QED) is 0.493. The average molecular weight is 482 g/mol. The lowest BCUT2D eigenvalue weighted by Gasteiger charge is -2.34. The van der Waals surface area contributed by atoms with Crippen molar-refractivity contribution >= 4 is 23.4 Å². The van der Waals surface area contributed by atoms with E-state index >= 15 is 0 Å². The molecule has 2 aromatic heterocycles. The highest BCUT2D eigenvalue weighted by Gasteiger charge is 2.27. The van der Waals surface area contributed by atoms with E-state index in [0.717, 1.165) is 43.0 Å². The third-order valence-corrected chi connectivity index (χ3v) is 6.07. The van der Waals surface area contributed by atoms with E-state index < -0.39 is 6.04 Å². The number of hydrogen-bond donors (Lipinski definition) is 2. The molecule has 1 saturated heterocycles. The summed E-state index contributed by atoms with van der Waals surface area (Å²) in [5, 5.41) is 10.2. The molecule has 0 radical (unpaired) electrons. The smallest absolute Gasteiger partial charge is 0.254 e. The van der Waals surface area contributed by atoms with Crippen LogP contribution in [0.2, 0.25) is 0 Å². The molecule has 1 fully saturated rings. The Bertz CT molecular complexity index is 1180. The number of ether oxygens (including phenoxy) is 2. The normalized spacial score (nSPS) is 15.0. The fourth-order valence-corrected chi connectivity index (χ4v) is 4.37. The second-order valence-electron chi connectivity index (χ2n) is 8.68. The van der Waals surface area contributed by atoms with Gasteiger partial charge in [-0.15, -0.1) is 0 Å². The van der Waals surface area contributed by atoms with Crippen LogP contribution in [0.1, 0.15) is 31.0 Å². The van der Waals surface area contributed by atoms with Gasteiger partial charge in [-0.05, 0) is 37.5 Å². The monoisotopic (exact) mass is 481 g/mol. The average Bonchev–Trinajstić information content (AvgIpc) is 3.31. The lowest BCUT2D eigenvalue weighted by atomic mass is 10.0. The molecule has 35 heavy (non-hydrogen) atoms. The van der Waals surface area contributed by atoms with Crippen molar-refractivity contribution in [3.05, 3.63) is 41.9 Å². The summed E-state index contributed by atoms with van der Waals surface area (Å²) in [4.78, 5) is 35.8. The minimum atomic E-state index is -0.708. The van der Waals surface area contributed by atoms with Crippen LogP contribution in [0.25, 0.3) is 5.78 Å². The van der Waals surface area contributed by atoms with Crippen LogP contribution in [-0.4, -0.2) is 70.8 Å². The number of anilines is 1. The van der Waals surface area contributed by atoms with E-state index in [0.29, 0.717) is 23.7 Å². The highest BCUT2D eigenvalue weighted by Crippen LogP contribution is 2.24. The van der Waals surface area contributed by atoms with Crippen molar-refractivity contribution in [3.8, 4) is 11.5 Å². The first-order chi connectivity index (χ1) is 16.9. The molecule has 1 aromatic carbocycles. The Labute approximate surface area is 203 Å². The van der Waals surface area contributed by atoms with Gasteiger partial charge < -0.3 is 25.0 Å². The molecule has 0 saturated carbocycles. The predicted molar refractivity (Wildman–Crippen MR) is 130 cm³/mol. The van der Waals surface area contributed by atoms with Gasteiger partial charge in [0.25, 0.3) is 5.78 Å². The van der Waals surface area contributed by atoms with Crippen molar-refractivity contribution in [1.29, 1.82) is 0 Å². The Morgan fingerprint density at radius 1 is 1.11 bits per heavy atom. The van der Waals surface area contributed by atoms with Crippen LogP contribution in [0, 0.1) is 6.92 Å². The molecule has 186 valence electrons. The Balaban J connectivity index is 1.41. The van der Waals surface area contributed by atoms with E-state index in [1.54, 1.807) is 24.8 Å². The molecule has 11 nitrogen and oxygen atoms in total. The van der Waals surface area contributed by atoms with E-state index in [2.05, 4.69) is 30.6 Å². The minimum absolute atomic E-state index is 0.00373. The number of aromatic nitrogens is 4. The number of methoxy groups -OCH3 is 2. The fraction of sp³-hybridized carbons (Fsp3) is 0.458. The first-order valence-electron chi connectivity index (χ1n) is 11.6. The topological polar surface area (TPSA) is 123 Å². The molecule has 0 unspecified atom stereocenters. The maximum absolute atomic E-state index is 13.2. The van der Waals surface area contributed by atoms with Gasteiger partial charge in [0.1, 0.15) is 29.7 Å². The van der Waals surface area contributed by atoms with Gasteiger partial charge in [-0.25, -0.2) is 4.98 Å². The van der Waals surface area contributed by atoms with Crippen LogP contribution in [0.5, 0.6) is 11.5 Å². The highest BCUT2D eigenvalue weighted by atomic mass is 16.5. The number of nitrogens with zero attached hydrogens (tertiary/aromatic N) is 5. The maximum atomic E-state index is 13.2. The standard InChI is InChI=1S/C24H31N7O4/c1-15-9-22(31-24(27-15)25-14-26-31)30-7-5-18(6-8-30)29-23(33)21(28-16(2)32)12-17-10-19(34-3)13-20(11-17)35-4/h9-11,13-14,18,21H,5-8,12H2,1-4H3,(H,28,32)(H,29,33)/t21-/m0/s1. The van der Waals surface area contributed by atoms with E-state index in [4.69, 9.17) is 9.47 Å². The predicted octanol–water partition coefficient (Wildman–Crippen LogP) is 1.28. The molecular weight excluding hydrogens is 450 g/mol. The van der Waals surface area contributed by atoms with Crippen molar-refractivity contribution in [1.82, 2.24) is 30.2 Å². The number of hydrogen-bond acceptors (Lipinski definition) is 8. The minimum Gasteiger partial charge on any atom is -0.497 e. The lowest BCUT2D eigenvalue weighted by Crippen LogP contribution is -2.52. The fourth-order valence-electron chi connectivity index (χ4n) is 4.37. The number of piperidine rings is 1. The molecule has 2 amide bonds. The molecule has 1 aliphatic rings. The van der Waals surface area contributed by atoms with Gasteiger partial charge in [-0.3, -0.25) is 9.59 Å². The molecule has 4 rings (SSSR count). The number of carbonyl (C=O) groups excluding carboxylic acids is 2. The lowest BCUT2D eigenvalue weighted by molar-refractivity contribution is -0.128. The summed E-state index contributed by atoms with van der Waals surface area (Å²) in [5.74, 6) is 2.29. The number of rotatable bonds is 8. The van der Waals surface area contributed by atoms with Crippen molar-refractivity contribution in [2.24, 2.45) is 0 Å². The first-order valence-corrected chi connectivity index (χ1v) is 11.6. The molecule has 0 aliphatic carbocycles. The first kappa shape index (κ1) is 24.2. The molecular formula is C24H31N7O4. The zero-order valence-corrected chi connectivity index (χ0v) is 20.4. The molecule has 3 aromatic rings. The number of carbonyl (C=O) groups is 2. The molecule has 1 atom stereocenters. The summed E-state index contributed by atoms with van der Waals surface area (Å²) in [5.41, 5.74) is 1.71. The third-order valence-electron chi connectivity index (χ3n) is 6.07. The van der Waals surface area contributed by atoms with Crippen LogP contribution in [0.15, 0.2) is 30.6 Å². The second kappa shape index (κ2) is 10.6. The third kappa shape index (κ3) is 5.79. The van der Waals surface area contributed by atoms with Crippen LogP contribution in [-0.2, 0) is 16.0 Å². The zero-order valence-electron chi connectivity index (χ0n) is 20.4. The Morgan fingerprint density at radius 2 is 1.80 bits per heavy atom. The Kier molecular flexibility index (Phi) is 7.33. The summed E-state index contributed by atoms with van der Waals surface area (Å²) in [6.07, 6.45) is 3.35. The number of benzene rings is 1. The van der Waals surface area contributed by atoms with Gasteiger partial charge in [-0.2, -0.15) is 14.6 Å².